The monoisotopic (exact) mass is 474 g/mol. The van der Waals surface area contributed by atoms with Gasteiger partial charge in [0.2, 0.25) is 0 Å². The average molecular weight is 475 g/mol. The molecule has 1 saturated heterocycles. The molecule has 0 aliphatic carbocycles. The van der Waals surface area contributed by atoms with Gasteiger partial charge in [-0.05, 0) is 36.8 Å². The summed E-state index contributed by atoms with van der Waals surface area (Å²) in [5, 5.41) is 14.8. The van der Waals surface area contributed by atoms with E-state index in [4.69, 9.17) is 34.0 Å². The molecule has 184 valence electrons. The molecule has 1 aliphatic rings. The van der Waals surface area contributed by atoms with Crippen molar-refractivity contribution in [1.82, 2.24) is 9.80 Å². The van der Waals surface area contributed by atoms with Gasteiger partial charge >= 0.3 is 11.9 Å². The van der Waals surface area contributed by atoms with Gasteiger partial charge in [0.05, 0.1) is 20.8 Å². The van der Waals surface area contributed by atoms with E-state index >= 15 is 0 Å². The lowest BCUT2D eigenvalue weighted by Gasteiger charge is -2.35. The molecule has 0 unspecified atom stereocenters. The molecule has 0 bridgehead atoms. The Morgan fingerprint density at radius 1 is 0.824 bits per heavy atom. The quantitative estimate of drug-likeness (QED) is 0.581. The van der Waals surface area contributed by atoms with Gasteiger partial charge in [-0.2, -0.15) is 0 Å². The Balaban J connectivity index is 0.000000604. The molecule has 2 N–H and O–H groups in total. The Morgan fingerprint density at radius 2 is 1.35 bits per heavy atom. The molecule has 0 atom stereocenters. The largest absolute Gasteiger partial charge is 0.497 e. The Hall–Kier alpha value is -3.79. The third kappa shape index (κ3) is 7.96. The number of carboxylic acid groups (broad SMARTS) is 2. The van der Waals surface area contributed by atoms with Crippen LogP contribution in [0.2, 0.25) is 0 Å². The zero-order valence-electron chi connectivity index (χ0n) is 19.5. The van der Waals surface area contributed by atoms with Gasteiger partial charge in [0, 0.05) is 44.4 Å². The molecule has 2 aromatic rings. The topological polar surface area (TPSA) is 126 Å². The number of aliphatic carboxylic acids is 2. The van der Waals surface area contributed by atoms with Gasteiger partial charge in [0.15, 0.2) is 0 Å². The third-order valence-electron chi connectivity index (χ3n) is 5.08. The van der Waals surface area contributed by atoms with Crippen LogP contribution in [0.25, 0.3) is 0 Å². The summed E-state index contributed by atoms with van der Waals surface area (Å²) in [5.74, 6) is -1.49. The van der Waals surface area contributed by atoms with Crippen molar-refractivity contribution in [3.05, 3.63) is 53.6 Å². The number of carbonyl (C=O) groups is 3. The number of ether oxygens (including phenoxy) is 3. The first-order valence-electron chi connectivity index (χ1n) is 10.7. The highest BCUT2D eigenvalue weighted by Crippen LogP contribution is 2.24. The summed E-state index contributed by atoms with van der Waals surface area (Å²) in [5.41, 5.74) is 1.84. The van der Waals surface area contributed by atoms with Crippen LogP contribution >= 0.6 is 0 Å². The number of methoxy groups -OCH3 is 2. The van der Waals surface area contributed by atoms with Crippen LogP contribution in [-0.2, 0) is 16.1 Å². The van der Waals surface area contributed by atoms with Crippen molar-refractivity contribution in [3.8, 4) is 17.2 Å². The predicted octanol–water partition coefficient (Wildman–Crippen LogP) is 2.22. The number of benzene rings is 2. The maximum Gasteiger partial charge on any atom is 0.414 e. The summed E-state index contributed by atoms with van der Waals surface area (Å²) in [6.07, 6.45) is 0. The van der Waals surface area contributed by atoms with Crippen molar-refractivity contribution in [3.63, 3.8) is 0 Å². The first-order chi connectivity index (χ1) is 16.3. The first-order valence-corrected chi connectivity index (χ1v) is 10.7. The van der Waals surface area contributed by atoms with Gasteiger partial charge in [0.25, 0.3) is 5.91 Å². The summed E-state index contributed by atoms with van der Waals surface area (Å²) < 4.78 is 16.0. The molecule has 1 heterocycles. The minimum absolute atomic E-state index is 0.0120. The molecule has 1 aliphatic heterocycles. The van der Waals surface area contributed by atoms with Crippen LogP contribution in [0.15, 0.2) is 42.5 Å². The number of carboxylic acids is 2. The van der Waals surface area contributed by atoms with Gasteiger partial charge in [-0.1, -0.05) is 12.1 Å². The molecule has 0 spiro atoms. The van der Waals surface area contributed by atoms with Crippen molar-refractivity contribution in [2.75, 3.05) is 47.0 Å². The normalized spacial score (nSPS) is 13.3. The van der Waals surface area contributed by atoms with Gasteiger partial charge in [0.1, 0.15) is 17.2 Å². The highest BCUT2D eigenvalue weighted by atomic mass is 16.5. The number of amides is 1. The maximum absolute atomic E-state index is 12.9. The first kappa shape index (κ1) is 26.5. The molecule has 1 fully saturated rings. The lowest BCUT2D eigenvalue weighted by atomic mass is 10.1. The van der Waals surface area contributed by atoms with Crippen molar-refractivity contribution < 1.29 is 38.8 Å². The Morgan fingerprint density at radius 3 is 1.79 bits per heavy atom. The number of piperazine rings is 1. The van der Waals surface area contributed by atoms with E-state index in [1.807, 2.05) is 24.0 Å². The predicted molar refractivity (Wildman–Crippen MR) is 124 cm³/mol. The summed E-state index contributed by atoms with van der Waals surface area (Å²) in [6.45, 7) is 6.64. The van der Waals surface area contributed by atoms with Crippen molar-refractivity contribution >= 4 is 17.8 Å². The second-order valence-electron chi connectivity index (χ2n) is 7.36. The van der Waals surface area contributed by atoms with Gasteiger partial charge in [-0.25, -0.2) is 9.59 Å². The van der Waals surface area contributed by atoms with Crippen molar-refractivity contribution in [2.24, 2.45) is 0 Å². The minimum atomic E-state index is -1.82. The summed E-state index contributed by atoms with van der Waals surface area (Å²) in [6, 6.07) is 13.5. The van der Waals surface area contributed by atoms with E-state index in [9.17, 15) is 4.79 Å². The van der Waals surface area contributed by atoms with Gasteiger partial charge < -0.3 is 29.3 Å². The van der Waals surface area contributed by atoms with E-state index in [1.54, 1.807) is 32.4 Å². The summed E-state index contributed by atoms with van der Waals surface area (Å²) in [4.78, 5) is 35.3. The second-order valence-corrected chi connectivity index (χ2v) is 7.36. The third-order valence-corrected chi connectivity index (χ3v) is 5.08. The van der Waals surface area contributed by atoms with Crippen LogP contribution in [0.5, 0.6) is 17.2 Å². The van der Waals surface area contributed by atoms with Crippen LogP contribution < -0.4 is 14.2 Å². The average Bonchev–Trinajstić information content (AvgIpc) is 2.85. The molecule has 10 nitrogen and oxygen atoms in total. The molecular formula is C24H30N2O8. The SMILES string of the molecule is CCOc1ccc(CN2CCN(C(=O)c3cc(OC)cc(OC)c3)CC2)cc1.O=C(O)C(=O)O. The Bertz CT molecular complexity index is 935. The van der Waals surface area contributed by atoms with Crippen LogP contribution in [-0.4, -0.2) is 84.9 Å². The van der Waals surface area contributed by atoms with Crippen molar-refractivity contribution in [2.45, 2.75) is 13.5 Å². The molecule has 10 heteroatoms. The number of hydrogen-bond acceptors (Lipinski definition) is 7. The lowest BCUT2D eigenvalue weighted by Crippen LogP contribution is -2.48. The number of hydrogen-bond donors (Lipinski definition) is 2. The second kappa shape index (κ2) is 13.0. The summed E-state index contributed by atoms with van der Waals surface area (Å²) >= 11 is 0. The highest BCUT2D eigenvalue weighted by molar-refractivity contribution is 6.27. The highest BCUT2D eigenvalue weighted by Gasteiger charge is 2.23. The summed E-state index contributed by atoms with van der Waals surface area (Å²) in [7, 11) is 3.17. The van der Waals surface area contributed by atoms with Crippen LogP contribution in [0.1, 0.15) is 22.8 Å². The Labute approximate surface area is 198 Å². The Kier molecular flexibility index (Phi) is 10.2. The zero-order chi connectivity index (χ0) is 25.1. The van der Waals surface area contributed by atoms with Crippen LogP contribution in [0.3, 0.4) is 0 Å². The number of carbonyl (C=O) groups excluding carboxylic acids is 1. The fourth-order valence-corrected chi connectivity index (χ4v) is 3.34. The fourth-order valence-electron chi connectivity index (χ4n) is 3.34. The van der Waals surface area contributed by atoms with Crippen LogP contribution in [0.4, 0.5) is 0 Å². The molecule has 34 heavy (non-hydrogen) atoms. The lowest BCUT2D eigenvalue weighted by molar-refractivity contribution is -0.159. The molecule has 1 amide bonds. The molecular weight excluding hydrogens is 444 g/mol. The minimum Gasteiger partial charge on any atom is -0.497 e. The van der Waals surface area contributed by atoms with E-state index in [1.165, 1.54) is 5.56 Å². The maximum atomic E-state index is 12.9. The van der Waals surface area contributed by atoms with E-state index in [0.29, 0.717) is 36.8 Å². The van der Waals surface area contributed by atoms with E-state index in [2.05, 4.69) is 17.0 Å². The van der Waals surface area contributed by atoms with Gasteiger partial charge in [-0.15, -0.1) is 0 Å². The van der Waals surface area contributed by atoms with Crippen LogP contribution in [0, 0.1) is 0 Å². The zero-order valence-corrected chi connectivity index (χ0v) is 19.5. The molecule has 0 saturated carbocycles. The standard InChI is InChI=1S/C22H28N2O4.C2H2O4/c1-4-28-19-7-5-17(6-8-19)16-23-9-11-24(12-10-23)22(25)18-13-20(26-2)15-21(14-18)27-3;3-1(4)2(5)6/h5-8,13-15H,4,9-12,16H2,1-3H3;(H,3,4)(H,5,6). The smallest absolute Gasteiger partial charge is 0.414 e. The number of rotatable bonds is 7. The van der Waals surface area contributed by atoms with E-state index in [0.717, 1.165) is 25.4 Å². The number of nitrogens with zero attached hydrogens (tertiary/aromatic N) is 2. The van der Waals surface area contributed by atoms with Gasteiger partial charge in [-0.3, -0.25) is 9.69 Å². The fraction of sp³-hybridized carbons (Fsp3) is 0.375. The molecule has 3 rings (SSSR count). The van der Waals surface area contributed by atoms with Crippen molar-refractivity contribution in [1.29, 1.82) is 0 Å². The van der Waals surface area contributed by atoms with E-state index in [-0.39, 0.29) is 5.91 Å². The molecule has 0 aromatic heterocycles. The molecule has 0 radical (unpaired) electrons. The molecule has 2 aromatic carbocycles. The van der Waals surface area contributed by atoms with E-state index < -0.39 is 11.9 Å².